The van der Waals surface area contributed by atoms with Crippen molar-refractivity contribution in [3.8, 4) is 0 Å². The van der Waals surface area contributed by atoms with E-state index in [1.165, 1.54) is 22.3 Å². The van der Waals surface area contributed by atoms with Crippen LogP contribution in [0.15, 0.2) is 46.9 Å². The zero-order valence-electron chi connectivity index (χ0n) is 13.1. The monoisotopic (exact) mass is 345 g/mol. The number of likely N-dealkylation sites (N-methyl/N-ethyl adjacent to an activating group) is 1. The minimum Gasteiger partial charge on any atom is -0.316 e. The SMILES string of the molecule is CCNCC(Cc1c(C)cccc1C)c1ccc(Br)cc1. The molecule has 0 heterocycles. The second kappa shape index (κ2) is 7.77. The lowest BCUT2D eigenvalue weighted by molar-refractivity contribution is 0.593. The summed E-state index contributed by atoms with van der Waals surface area (Å²) in [5.74, 6) is 0.512. The molecule has 0 bridgehead atoms. The highest BCUT2D eigenvalue weighted by molar-refractivity contribution is 9.10. The van der Waals surface area contributed by atoms with E-state index in [2.05, 4.69) is 84.5 Å². The quantitative estimate of drug-likeness (QED) is 0.776. The molecule has 112 valence electrons. The highest BCUT2D eigenvalue weighted by Gasteiger charge is 2.14. The minimum absolute atomic E-state index is 0.512. The topological polar surface area (TPSA) is 12.0 Å². The van der Waals surface area contributed by atoms with Crippen LogP contribution >= 0.6 is 15.9 Å². The molecule has 1 unspecified atom stereocenters. The third kappa shape index (κ3) is 4.42. The molecule has 0 aliphatic carbocycles. The number of hydrogen-bond donors (Lipinski definition) is 1. The molecular formula is C19H24BrN. The fourth-order valence-electron chi connectivity index (χ4n) is 2.78. The molecule has 1 atom stereocenters. The van der Waals surface area contributed by atoms with Gasteiger partial charge < -0.3 is 5.32 Å². The molecule has 0 saturated heterocycles. The molecule has 2 heteroatoms. The summed E-state index contributed by atoms with van der Waals surface area (Å²) < 4.78 is 1.14. The van der Waals surface area contributed by atoms with Crippen molar-refractivity contribution in [1.29, 1.82) is 0 Å². The molecule has 2 aromatic carbocycles. The smallest absolute Gasteiger partial charge is 0.0175 e. The third-order valence-electron chi connectivity index (χ3n) is 4.08. The van der Waals surface area contributed by atoms with Gasteiger partial charge in [-0.2, -0.15) is 0 Å². The number of hydrogen-bond acceptors (Lipinski definition) is 1. The second-order valence-corrected chi connectivity index (χ2v) is 6.55. The van der Waals surface area contributed by atoms with Crippen LogP contribution in [-0.2, 0) is 6.42 Å². The Bertz CT molecular complexity index is 554. The first-order valence-electron chi connectivity index (χ1n) is 7.63. The van der Waals surface area contributed by atoms with Crippen molar-refractivity contribution in [3.05, 3.63) is 69.2 Å². The largest absolute Gasteiger partial charge is 0.316 e. The first kappa shape index (κ1) is 16.3. The lowest BCUT2D eigenvalue weighted by atomic mass is 9.88. The average Bonchev–Trinajstić information content (AvgIpc) is 2.47. The van der Waals surface area contributed by atoms with Crippen molar-refractivity contribution in [3.63, 3.8) is 0 Å². The van der Waals surface area contributed by atoms with Crippen LogP contribution in [0.2, 0.25) is 0 Å². The van der Waals surface area contributed by atoms with Crippen LogP contribution in [0.3, 0.4) is 0 Å². The van der Waals surface area contributed by atoms with Crippen LogP contribution < -0.4 is 5.32 Å². The van der Waals surface area contributed by atoms with Crippen LogP contribution in [0.25, 0.3) is 0 Å². The van der Waals surface area contributed by atoms with E-state index < -0.39 is 0 Å². The number of aryl methyl sites for hydroxylation is 2. The van der Waals surface area contributed by atoms with Gasteiger partial charge >= 0.3 is 0 Å². The number of benzene rings is 2. The van der Waals surface area contributed by atoms with Crippen LogP contribution in [0.4, 0.5) is 0 Å². The van der Waals surface area contributed by atoms with Gasteiger partial charge in [-0.25, -0.2) is 0 Å². The number of rotatable bonds is 6. The molecule has 0 aromatic heterocycles. The van der Waals surface area contributed by atoms with E-state index in [0.29, 0.717) is 5.92 Å². The van der Waals surface area contributed by atoms with Gasteiger partial charge in [0.1, 0.15) is 0 Å². The summed E-state index contributed by atoms with van der Waals surface area (Å²) in [6.45, 7) is 8.63. The summed E-state index contributed by atoms with van der Waals surface area (Å²) in [6, 6.07) is 15.3. The predicted molar refractivity (Wildman–Crippen MR) is 95.0 cm³/mol. The third-order valence-corrected chi connectivity index (χ3v) is 4.61. The molecule has 0 amide bonds. The summed E-state index contributed by atoms with van der Waals surface area (Å²) in [5, 5.41) is 3.51. The summed E-state index contributed by atoms with van der Waals surface area (Å²) in [6.07, 6.45) is 1.09. The molecule has 2 aromatic rings. The zero-order chi connectivity index (χ0) is 15.2. The Morgan fingerprint density at radius 3 is 2.19 bits per heavy atom. The molecule has 0 saturated carbocycles. The minimum atomic E-state index is 0.512. The molecule has 0 aliphatic heterocycles. The predicted octanol–water partition coefficient (Wildman–Crippen LogP) is 5.00. The summed E-state index contributed by atoms with van der Waals surface area (Å²) in [7, 11) is 0. The van der Waals surface area contributed by atoms with Gasteiger partial charge in [0.25, 0.3) is 0 Å². The van der Waals surface area contributed by atoms with E-state index in [0.717, 1.165) is 24.0 Å². The van der Waals surface area contributed by atoms with Crippen LogP contribution in [0.5, 0.6) is 0 Å². The van der Waals surface area contributed by atoms with Crippen LogP contribution in [-0.4, -0.2) is 13.1 Å². The van der Waals surface area contributed by atoms with E-state index in [9.17, 15) is 0 Å². The summed E-state index contributed by atoms with van der Waals surface area (Å²) in [5.41, 5.74) is 5.69. The fourth-order valence-corrected chi connectivity index (χ4v) is 3.04. The lowest BCUT2D eigenvalue weighted by Crippen LogP contribution is -2.23. The van der Waals surface area contributed by atoms with Crippen LogP contribution in [0, 0.1) is 13.8 Å². The first-order valence-corrected chi connectivity index (χ1v) is 8.42. The zero-order valence-corrected chi connectivity index (χ0v) is 14.7. The second-order valence-electron chi connectivity index (χ2n) is 5.63. The van der Waals surface area contributed by atoms with Gasteiger partial charge in [-0.05, 0) is 61.2 Å². The van der Waals surface area contributed by atoms with Crippen molar-refractivity contribution < 1.29 is 0 Å². The molecule has 0 radical (unpaired) electrons. The van der Waals surface area contributed by atoms with E-state index in [-0.39, 0.29) is 0 Å². The van der Waals surface area contributed by atoms with E-state index in [4.69, 9.17) is 0 Å². The number of nitrogens with one attached hydrogen (secondary N) is 1. The van der Waals surface area contributed by atoms with Gasteiger partial charge in [-0.15, -0.1) is 0 Å². The Labute approximate surface area is 136 Å². The van der Waals surface area contributed by atoms with Gasteiger partial charge in [0.05, 0.1) is 0 Å². The summed E-state index contributed by atoms with van der Waals surface area (Å²) >= 11 is 3.52. The molecule has 21 heavy (non-hydrogen) atoms. The maximum atomic E-state index is 3.52. The lowest BCUT2D eigenvalue weighted by Gasteiger charge is -2.20. The molecule has 0 spiro atoms. The summed E-state index contributed by atoms with van der Waals surface area (Å²) in [4.78, 5) is 0. The molecule has 1 nitrogen and oxygen atoms in total. The molecule has 0 fully saturated rings. The van der Waals surface area contributed by atoms with Gasteiger partial charge in [0.15, 0.2) is 0 Å². The normalized spacial score (nSPS) is 12.4. The highest BCUT2D eigenvalue weighted by Crippen LogP contribution is 2.25. The standard InChI is InChI=1S/C19H24BrN/c1-4-21-13-17(16-8-10-18(20)11-9-16)12-19-14(2)6-5-7-15(19)3/h5-11,17,21H,4,12-13H2,1-3H3. The molecular weight excluding hydrogens is 322 g/mol. The van der Waals surface area contributed by atoms with Gasteiger partial charge in [0.2, 0.25) is 0 Å². The van der Waals surface area contributed by atoms with E-state index in [1.807, 2.05) is 0 Å². The Hall–Kier alpha value is -1.12. The molecule has 2 rings (SSSR count). The maximum Gasteiger partial charge on any atom is 0.0175 e. The first-order chi connectivity index (χ1) is 10.1. The Morgan fingerprint density at radius 2 is 1.62 bits per heavy atom. The van der Waals surface area contributed by atoms with Gasteiger partial charge in [0, 0.05) is 16.9 Å². The molecule has 0 aliphatic rings. The Kier molecular flexibility index (Phi) is 6.01. The number of halogens is 1. The Balaban J connectivity index is 2.26. The van der Waals surface area contributed by atoms with Gasteiger partial charge in [-0.3, -0.25) is 0 Å². The van der Waals surface area contributed by atoms with Crippen molar-refractivity contribution in [1.82, 2.24) is 5.32 Å². The average molecular weight is 346 g/mol. The molecule has 1 N–H and O–H groups in total. The Morgan fingerprint density at radius 1 is 1.00 bits per heavy atom. The van der Waals surface area contributed by atoms with Crippen molar-refractivity contribution in [2.24, 2.45) is 0 Å². The van der Waals surface area contributed by atoms with Crippen molar-refractivity contribution in [2.75, 3.05) is 13.1 Å². The van der Waals surface area contributed by atoms with Crippen molar-refractivity contribution in [2.45, 2.75) is 33.1 Å². The van der Waals surface area contributed by atoms with E-state index in [1.54, 1.807) is 0 Å². The highest BCUT2D eigenvalue weighted by atomic mass is 79.9. The van der Waals surface area contributed by atoms with Crippen LogP contribution in [0.1, 0.15) is 35.1 Å². The van der Waals surface area contributed by atoms with Gasteiger partial charge in [-0.1, -0.05) is 53.2 Å². The van der Waals surface area contributed by atoms with E-state index >= 15 is 0 Å². The van der Waals surface area contributed by atoms with Crippen molar-refractivity contribution >= 4 is 15.9 Å². The maximum absolute atomic E-state index is 3.52. The fraction of sp³-hybridized carbons (Fsp3) is 0.368.